The van der Waals surface area contributed by atoms with Crippen molar-refractivity contribution in [2.45, 2.75) is 18.9 Å². The molecule has 23 heavy (non-hydrogen) atoms. The molecule has 2 aromatic heterocycles. The summed E-state index contributed by atoms with van der Waals surface area (Å²) >= 11 is 6.97. The molecule has 3 heterocycles. The standard InChI is InChI=1S/C15H14BrN5.CH4S/c16-9-3-4-10-12(6-9)18-7-13(20-10)14-8-19-15(21-14)11-2-1-5-17-11;1-2/h3-4,6-8,11,17H,1-2,5H2,(H,19,21);2H,1H3/t11-;/m0./s1. The van der Waals surface area contributed by atoms with Crippen LogP contribution in [0.4, 0.5) is 0 Å². The Balaban J connectivity index is 0.000000753. The van der Waals surface area contributed by atoms with Gasteiger partial charge in [-0.15, -0.1) is 0 Å². The second kappa shape index (κ2) is 7.42. The van der Waals surface area contributed by atoms with Crippen LogP contribution >= 0.6 is 28.6 Å². The van der Waals surface area contributed by atoms with Crippen LogP contribution in [-0.4, -0.2) is 32.7 Å². The molecule has 0 aliphatic carbocycles. The van der Waals surface area contributed by atoms with Crippen LogP contribution in [0.25, 0.3) is 22.4 Å². The molecule has 1 aliphatic rings. The SMILES string of the molecule is Brc1ccc2nc(-c3cnc([C@@H]4CCCN4)[nH]3)cnc2c1.CS. The van der Waals surface area contributed by atoms with Gasteiger partial charge in [0.05, 0.1) is 35.2 Å². The summed E-state index contributed by atoms with van der Waals surface area (Å²) in [5, 5.41) is 3.44. The van der Waals surface area contributed by atoms with Gasteiger partial charge in [-0.05, 0) is 43.8 Å². The van der Waals surface area contributed by atoms with E-state index in [0.717, 1.165) is 45.7 Å². The van der Waals surface area contributed by atoms with Crippen LogP contribution in [0.2, 0.25) is 0 Å². The molecule has 1 saturated heterocycles. The molecule has 0 spiro atoms. The maximum Gasteiger partial charge on any atom is 0.123 e. The van der Waals surface area contributed by atoms with Crippen molar-refractivity contribution in [1.29, 1.82) is 0 Å². The van der Waals surface area contributed by atoms with Crippen molar-refractivity contribution in [3.8, 4) is 11.4 Å². The number of hydrogen-bond acceptors (Lipinski definition) is 5. The number of nitrogens with zero attached hydrogens (tertiary/aromatic N) is 3. The van der Waals surface area contributed by atoms with Crippen LogP contribution in [-0.2, 0) is 0 Å². The number of fused-ring (bicyclic) bond motifs is 1. The van der Waals surface area contributed by atoms with Gasteiger partial charge in [0.2, 0.25) is 0 Å². The molecule has 2 N–H and O–H groups in total. The highest BCUT2D eigenvalue weighted by molar-refractivity contribution is 9.10. The van der Waals surface area contributed by atoms with Crippen LogP contribution < -0.4 is 5.32 Å². The van der Waals surface area contributed by atoms with Gasteiger partial charge < -0.3 is 10.3 Å². The molecule has 0 amide bonds. The highest BCUT2D eigenvalue weighted by Gasteiger charge is 2.19. The lowest BCUT2D eigenvalue weighted by molar-refractivity contribution is 0.613. The number of imidazole rings is 1. The lowest BCUT2D eigenvalue weighted by Crippen LogP contribution is -2.14. The Labute approximate surface area is 148 Å². The average molecular weight is 392 g/mol. The molecule has 1 aliphatic heterocycles. The summed E-state index contributed by atoms with van der Waals surface area (Å²) in [4.78, 5) is 17.0. The molecule has 0 bridgehead atoms. The molecule has 1 aromatic carbocycles. The molecule has 7 heteroatoms. The van der Waals surface area contributed by atoms with Crippen molar-refractivity contribution in [3.05, 3.63) is 40.9 Å². The monoisotopic (exact) mass is 391 g/mol. The van der Waals surface area contributed by atoms with E-state index in [1.165, 1.54) is 6.42 Å². The zero-order chi connectivity index (χ0) is 16.2. The van der Waals surface area contributed by atoms with Gasteiger partial charge in [-0.3, -0.25) is 4.98 Å². The van der Waals surface area contributed by atoms with E-state index in [2.05, 4.69) is 53.8 Å². The molecular formula is C16H18BrN5S. The minimum Gasteiger partial charge on any atom is -0.339 e. The minimum absolute atomic E-state index is 0.336. The highest BCUT2D eigenvalue weighted by Crippen LogP contribution is 2.24. The fraction of sp³-hybridized carbons (Fsp3) is 0.312. The first-order valence-corrected chi connectivity index (χ1v) is 9.14. The van der Waals surface area contributed by atoms with Gasteiger partial charge >= 0.3 is 0 Å². The Morgan fingerprint density at radius 1 is 1.17 bits per heavy atom. The number of benzene rings is 1. The smallest absolute Gasteiger partial charge is 0.123 e. The first-order valence-electron chi connectivity index (χ1n) is 7.45. The average Bonchev–Trinajstić information content (AvgIpc) is 3.27. The minimum atomic E-state index is 0.336. The molecule has 1 atom stereocenters. The Bertz CT molecular complexity index is 798. The predicted octanol–water partition coefficient (Wildman–Crippen LogP) is 3.75. The number of halogens is 1. The van der Waals surface area contributed by atoms with Crippen LogP contribution in [0.1, 0.15) is 24.7 Å². The topological polar surface area (TPSA) is 66.5 Å². The third-order valence-electron chi connectivity index (χ3n) is 3.77. The van der Waals surface area contributed by atoms with E-state index in [1.807, 2.05) is 24.4 Å². The van der Waals surface area contributed by atoms with E-state index in [9.17, 15) is 0 Å². The van der Waals surface area contributed by atoms with Crippen molar-refractivity contribution >= 4 is 39.6 Å². The third kappa shape index (κ3) is 3.57. The third-order valence-corrected chi connectivity index (χ3v) is 4.26. The molecule has 4 rings (SSSR count). The quantitative estimate of drug-likeness (QED) is 0.581. The largest absolute Gasteiger partial charge is 0.339 e. The van der Waals surface area contributed by atoms with Gasteiger partial charge in [0, 0.05) is 4.47 Å². The summed E-state index contributed by atoms with van der Waals surface area (Å²) in [5.41, 5.74) is 3.49. The van der Waals surface area contributed by atoms with Gasteiger partial charge in [-0.25, -0.2) is 9.97 Å². The van der Waals surface area contributed by atoms with Gasteiger partial charge in [-0.2, -0.15) is 12.6 Å². The maximum absolute atomic E-state index is 4.65. The Morgan fingerprint density at radius 2 is 2.04 bits per heavy atom. The number of thiol groups is 1. The summed E-state index contributed by atoms with van der Waals surface area (Å²) < 4.78 is 1.01. The summed E-state index contributed by atoms with van der Waals surface area (Å²) in [6, 6.07) is 6.24. The molecular weight excluding hydrogens is 374 g/mol. The van der Waals surface area contributed by atoms with Crippen molar-refractivity contribution in [3.63, 3.8) is 0 Å². The van der Waals surface area contributed by atoms with Gasteiger partial charge in [0.1, 0.15) is 11.5 Å². The fourth-order valence-corrected chi connectivity index (χ4v) is 3.02. The number of H-pyrrole nitrogens is 1. The summed E-state index contributed by atoms with van der Waals surface area (Å²) in [6.07, 6.45) is 7.65. The van der Waals surface area contributed by atoms with Crippen LogP contribution in [0.3, 0.4) is 0 Å². The predicted molar refractivity (Wildman–Crippen MR) is 99.7 cm³/mol. The van der Waals surface area contributed by atoms with Gasteiger partial charge in [0.15, 0.2) is 0 Å². The summed E-state index contributed by atoms with van der Waals surface area (Å²) in [6.45, 7) is 1.06. The summed E-state index contributed by atoms with van der Waals surface area (Å²) in [7, 11) is 0. The molecule has 0 radical (unpaired) electrons. The fourth-order valence-electron chi connectivity index (χ4n) is 2.68. The van der Waals surface area contributed by atoms with E-state index < -0.39 is 0 Å². The highest BCUT2D eigenvalue weighted by atomic mass is 79.9. The van der Waals surface area contributed by atoms with Crippen molar-refractivity contribution in [2.75, 3.05) is 12.8 Å². The Hall–Kier alpha value is -1.44. The zero-order valence-corrected chi connectivity index (χ0v) is 15.2. The second-order valence-corrected chi connectivity index (χ2v) is 6.14. The molecule has 1 fully saturated rings. The molecule has 0 unspecified atom stereocenters. The van der Waals surface area contributed by atoms with Crippen LogP contribution in [0, 0.1) is 0 Å². The lowest BCUT2D eigenvalue weighted by Gasteiger charge is -2.05. The zero-order valence-electron chi connectivity index (χ0n) is 12.8. The van der Waals surface area contributed by atoms with E-state index >= 15 is 0 Å². The Kier molecular flexibility index (Phi) is 5.30. The van der Waals surface area contributed by atoms with Crippen molar-refractivity contribution in [1.82, 2.24) is 25.3 Å². The number of aromatic amines is 1. The van der Waals surface area contributed by atoms with Crippen LogP contribution in [0.5, 0.6) is 0 Å². The van der Waals surface area contributed by atoms with Gasteiger partial charge in [-0.1, -0.05) is 15.9 Å². The normalized spacial score (nSPS) is 17.1. The number of nitrogens with one attached hydrogen (secondary N) is 2. The van der Waals surface area contributed by atoms with E-state index in [0.29, 0.717) is 6.04 Å². The molecule has 120 valence electrons. The Morgan fingerprint density at radius 3 is 2.83 bits per heavy atom. The lowest BCUT2D eigenvalue weighted by atomic mass is 10.2. The summed E-state index contributed by atoms with van der Waals surface area (Å²) in [5.74, 6) is 0.986. The van der Waals surface area contributed by atoms with E-state index in [1.54, 1.807) is 12.5 Å². The van der Waals surface area contributed by atoms with E-state index in [-0.39, 0.29) is 0 Å². The number of rotatable bonds is 2. The number of hydrogen-bond donors (Lipinski definition) is 3. The van der Waals surface area contributed by atoms with Crippen molar-refractivity contribution < 1.29 is 0 Å². The first kappa shape index (κ1) is 16.4. The molecule has 3 aromatic rings. The molecule has 5 nitrogen and oxygen atoms in total. The van der Waals surface area contributed by atoms with E-state index in [4.69, 9.17) is 0 Å². The maximum atomic E-state index is 4.65. The number of aromatic nitrogens is 4. The second-order valence-electron chi connectivity index (χ2n) is 5.22. The molecule has 0 saturated carbocycles. The first-order chi connectivity index (χ1) is 11.3. The van der Waals surface area contributed by atoms with Crippen LogP contribution in [0.15, 0.2) is 35.1 Å². The van der Waals surface area contributed by atoms with Crippen molar-refractivity contribution in [2.24, 2.45) is 0 Å². The van der Waals surface area contributed by atoms with Gasteiger partial charge in [0.25, 0.3) is 0 Å².